The zero-order valence-corrected chi connectivity index (χ0v) is 8.40. The van der Waals surface area contributed by atoms with Gasteiger partial charge in [0.05, 0.1) is 7.98 Å². The Morgan fingerprint density at radius 3 is 3.31 bits per heavy atom. The molecule has 2 aromatic heterocycles. The fraction of sp³-hybridized carbons (Fsp3) is 0.167. The van der Waals surface area contributed by atoms with Crippen molar-refractivity contribution >= 4 is 0 Å². The minimum atomic E-state index is -0.538. The molecule has 16 heavy (non-hydrogen) atoms. The Morgan fingerprint density at radius 1 is 1.50 bits per heavy atom. The normalized spacial score (nSPS) is 14.2. The standard InChI is InChI=1S/C12H9FN2O/c13-11-5-8(1-3-15-11)10-7-14-6-9-2-4-16-12(9)10/h1,3,5-7H,2,4H2/i6D. The highest BCUT2D eigenvalue weighted by atomic mass is 19.1. The number of nitrogens with zero attached hydrogens (tertiary/aromatic N) is 2. The second-order valence-electron chi connectivity index (χ2n) is 3.56. The van der Waals surface area contributed by atoms with Crippen LogP contribution in [0.25, 0.3) is 11.1 Å². The highest BCUT2D eigenvalue weighted by Gasteiger charge is 2.17. The molecule has 0 saturated heterocycles. The number of hydrogen-bond acceptors (Lipinski definition) is 3. The molecule has 2 aromatic rings. The maximum absolute atomic E-state index is 13.1. The second-order valence-corrected chi connectivity index (χ2v) is 3.56. The molecule has 0 atom stereocenters. The van der Waals surface area contributed by atoms with Gasteiger partial charge in [0.2, 0.25) is 5.95 Å². The average Bonchev–Trinajstić information content (AvgIpc) is 2.79. The number of halogens is 1. The van der Waals surface area contributed by atoms with E-state index in [2.05, 4.69) is 9.97 Å². The fourth-order valence-electron chi connectivity index (χ4n) is 1.81. The first-order chi connectivity index (χ1) is 8.25. The van der Waals surface area contributed by atoms with Crippen molar-refractivity contribution in [3.8, 4) is 16.9 Å². The lowest BCUT2D eigenvalue weighted by Crippen LogP contribution is -1.90. The van der Waals surface area contributed by atoms with Crippen molar-refractivity contribution in [1.82, 2.24) is 9.97 Å². The number of rotatable bonds is 1. The molecule has 0 spiro atoms. The highest BCUT2D eigenvalue weighted by molar-refractivity contribution is 5.71. The Labute approximate surface area is 93.3 Å². The van der Waals surface area contributed by atoms with Crippen LogP contribution in [0.4, 0.5) is 4.39 Å². The van der Waals surface area contributed by atoms with Crippen LogP contribution in [0.2, 0.25) is 0 Å². The summed E-state index contributed by atoms with van der Waals surface area (Å²) in [5.41, 5.74) is 2.18. The third-order valence-electron chi connectivity index (χ3n) is 2.55. The summed E-state index contributed by atoms with van der Waals surface area (Å²) < 4.78 is 26.3. The summed E-state index contributed by atoms with van der Waals surface area (Å²) in [4.78, 5) is 7.51. The monoisotopic (exact) mass is 217 g/mol. The van der Waals surface area contributed by atoms with E-state index in [4.69, 9.17) is 6.11 Å². The van der Waals surface area contributed by atoms with Gasteiger partial charge in [-0.2, -0.15) is 4.39 Å². The first-order valence-electron chi connectivity index (χ1n) is 5.49. The average molecular weight is 217 g/mol. The fourth-order valence-corrected chi connectivity index (χ4v) is 1.81. The molecule has 0 saturated carbocycles. The lowest BCUT2D eigenvalue weighted by molar-refractivity contribution is 0.358. The number of ether oxygens (including phenoxy) is 1. The molecule has 0 aromatic carbocycles. The van der Waals surface area contributed by atoms with Crippen LogP contribution >= 0.6 is 0 Å². The Hall–Kier alpha value is -1.97. The van der Waals surface area contributed by atoms with Gasteiger partial charge >= 0.3 is 0 Å². The topological polar surface area (TPSA) is 35.0 Å². The lowest BCUT2D eigenvalue weighted by Gasteiger charge is -2.06. The Bertz CT molecular complexity index is 589. The summed E-state index contributed by atoms with van der Waals surface area (Å²) in [7, 11) is 0. The predicted octanol–water partition coefficient (Wildman–Crippen LogP) is 2.22. The van der Waals surface area contributed by atoms with Crippen molar-refractivity contribution in [2.24, 2.45) is 0 Å². The minimum absolute atomic E-state index is 0.232. The maximum Gasteiger partial charge on any atom is 0.213 e. The van der Waals surface area contributed by atoms with Crippen LogP contribution in [0.3, 0.4) is 0 Å². The predicted molar refractivity (Wildman–Crippen MR) is 56.6 cm³/mol. The van der Waals surface area contributed by atoms with Crippen molar-refractivity contribution < 1.29 is 10.5 Å². The molecule has 0 radical (unpaired) electrons. The lowest BCUT2D eigenvalue weighted by atomic mass is 10.1. The second kappa shape index (κ2) is 3.56. The largest absolute Gasteiger partial charge is 0.492 e. The van der Waals surface area contributed by atoms with Crippen LogP contribution < -0.4 is 4.74 Å². The Kier molecular flexibility index (Phi) is 1.83. The number of hydrogen-bond donors (Lipinski definition) is 0. The summed E-state index contributed by atoms with van der Waals surface area (Å²) >= 11 is 0. The van der Waals surface area contributed by atoms with Gasteiger partial charge in [0.1, 0.15) is 5.75 Å². The van der Waals surface area contributed by atoms with E-state index >= 15 is 0 Å². The van der Waals surface area contributed by atoms with Gasteiger partial charge in [0.15, 0.2) is 0 Å². The van der Waals surface area contributed by atoms with E-state index in [1.54, 1.807) is 12.3 Å². The summed E-state index contributed by atoms with van der Waals surface area (Å²) in [6.07, 6.45) is 3.86. The van der Waals surface area contributed by atoms with Gasteiger partial charge in [-0.3, -0.25) is 4.98 Å². The summed E-state index contributed by atoms with van der Waals surface area (Å²) in [5.74, 6) is 0.111. The molecule has 0 amide bonds. The molecule has 3 heterocycles. The van der Waals surface area contributed by atoms with Crippen LogP contribution in [0.15, 0.2) is 30.7 Å². The van der Waals surface area contributed by atoms with Crippen molar-refractivity contribution in [3.05, 3.63) is 42.2 Å². The third-order valence-corrected chi connectivity index (χ3v) is 2.55. The molecule has 0 bridgehead atoms. The van der Waals surface area contributed by atoms with E-state index in [0.29, 0.717) is 24.3 Å². The van der Waals surface area contributed by atoms with E-state index < -0.39 is 5.95 Å². The van der Waals surface area contributed by atoms with Crippen LogP contribution in [-0.4, -0.2) is 16.6 Å². The highest BCUT2D eigenvalue weighted by Crippen LogP contribution is 2.35. The van der Waals surface area contributed by atoms with Crippen LogP contribution in [0.1, 0.15) is 6.93 Å². The third kappa shape index (κ3) is 1.43. The van der Waals surface area contributed by atoms with E-state index in [9.17, 15) is 4.39 Å². The molecule has 0 unspecified atom stereocenters. The van der Waals surface area contributed by atoms with Gasteiger partial charge in [-0.05, 0) is 11.6 Å². The molecule has 0 aliphatic carbocycles. The van der Waals surface area contributed by atoms with Gasteiger partial charge in [-0.15, -0.1) is 0 Å². The van der Waals surface area contributed by atoms with Gasteiger partial charge in [0.25, 0.3) is 0 Å². The molecule has 1 aliphatic rings. The van der Waals surface area contributed by atoms with Gasteiger partial charge in [-0.25, -0.2) is 4.98 Å². The van der Waals surface area contributed by atoms with Crippen molar-refractivity contribution in [2.45, 2.75) is 6.42 Å². The van der Waals surface area contributed by atoms with E-state index in [0.717, 1.165) is 11.1 Å². The van der Waals surface area contributed by atoms with Crippen LogP contribution in [0.5, 0.6) is 5.75 Å². The summed E-state index contributed by atoms with van der Waals surface area (Å²) in [6.45, 7) is 0.549. The zero-order chi connectivity index (χ0) is 11.8. The van der Waals surface area contributed by atoms with Crippen molar-refractivity contribution in [3.63, 3.8) is 0 Å². The molecule has 1 aliphatic heterocycles. The quantitative estimate of drug-likeness (QED) is 0.687. The molecule has 3 rings (SSSR count). The van der Waals surface area contributed by atoms with E-state index in [-0.39, 0.29) is 6.17 Å². The van der Waals surface area contributed by atoms with Crippen LogP contribution in [0, 0.1) is 5.95 Å². The summed E-state index contributed by atoms with van der Waals surface area (Å²) in [5, 5.41) is 0. The molecule has 0 fully saturated rings. The number of aromatic nitrogens is 2. The van der Waals surface area contributed by atoms with Gasteiger partial charge in [-0.1, -0.05) is 0 Å². The Balaban J connectivity index is 2.19. The van der Waals surface area contributed by atoms with Crippen molar-refractivity contribution in [2.75, 3.05) is 6.61 Å². The van der Waals surface area contributed by atoms with Crippen LogP contribution in [-0.2, 0) is 6.42 Å². The zero-order valence-electron chi connectivity index (χ0n) is 9.40. The number of fused-ring (bicyclic) bond motifs is 1. The Morgan fingerprint density at radius 2 is 2.44 bits per heavy atom. The first kappa shape index (κ1) is 8.21. The van der Waals surface area contributed by atoms with Crippen molar-refractivity contribution in [1.29, 1.82) is 0 Å². The molecule has 3 nitrogen and oxygen atoms in total. The number of pyridine rings is 2. The molecule has 4 heteroatoms. The molecule has 0 N–H and O–H groups in total. The van der Waals surface area contributed by atoms with E-state index in [1.165, 1.54) is 12.3 Å². The van der Waals surface area contributed by atoms with Gasteiger partial charge < -0.3 is 4.74 Å². The SMILES string of the molecule is [2H]c1ncc(-c2ccnc(F)c2)c2c1CCO2. The van der Waals surface area contributed by atoms with Gasteiger partial charge in [0, 0.05) is 42.2 Å². The summed E-state index contributed by atoms with van der Waals surface area (Å²) in [6, 6.07) is 3.04. The smallest absolute Gasteiger partial charge is 0.213 e. The molecular weight excluding hydrogens is 207 g/mol. The first-order valence-corrected chi connectivity index (χ1v) is 4.99. The minimum Gasteiger partial charge on any atom is -0.492 e. The molecular formula is C12H9FN2O. The maximum atomic E-state index is 13.1. The van der Waals surface area contributed by atoms with E-state index in [1.807, 2.05) is 0 Å². The molecule has 80 valence electrons.